The largest absolute Gasteiger partial charge is 0.489 e. The van der Waals surface area contributed by atoms with E-state index in [1.54, 1.807) is 26.1 Å². The van der Waals surface area contributed by atoms with Crippen LogP contribution in [0.3, 0.4) is 0 Å². The van der Waals surface area contributed by atoms with E-state index in [2.05, 4.69) is 0 Å². The van der Waals surface area contributed by atoms with Gasteiger partial charge in [0.15, 0.2) is 11.5 Å². The molecular formula is C20H20ClF2NO3. The van der Waals surface area contributed by atoms with Gasteiger partial charge in [-0.15, -0.1) is 0 Å². The van der Waals surface area contributed by atoms with E-state index in [1.165, 1.54) is 4.90 Å². The summed E-state index contributed by atoms with van der Waals surface area (Å²) < 4.78 is 38.7. The first kappa shape index (κ1) is 19.4. The van der Waals surface area contributed by atoms with Crippen molar-refractivity contribution < 1.29 is 23.0 Å². The summed E-state index contributed by atoms with van der Waals surface area (Å²) in [6.07, 6.45) is 0.798. The molecule has 0 saturated heterocycles. The van der Waals surface area contributed by atoms with Crippen LogP contribution in [0.4, 0.5) is 8.78 Å². The molecule has 0 saturated carbocycles. The van der Waals surface area contributed by atoms with Crippen molar-refractivity contribution in [2.45, 2.75) is 25.8 Å². The molecular weight excluding hydrogens is 376 g/mol. The third kappa shape index (κ3) is 4.33. The quantitative estimate of drug-likeness (QED) is 0.762. The molecule has 27 heavy (non-hydrogen) atoms. The number of hydrogen-bond acceptors (Lipinski definition) is 3. The summed E-state index contributed by atoms with van der Waals surface area (Å²) in [7, 11) is 1.56. The van der Waals surface area contributed by atoms with Gasteiger partial charge in [0.05, 0.1) is 30.7 Å². The molecule has 144 valence electrons. The first-order valence-corrected chi connectivity index (χ1v) is 9.03. The Bertz CT molecular complexity index is 859. The summed E-state index contributed by atoms with van der Waals surface area (Å²) in [5.74, 6) is -0.365. The number of ether oxygens (including phenoxy) is 2. The number of fused-ring (bicyclic) bond motifs is 1. The van der Waals surface area contributed by atoms with Gasteiger partial charge in [-0.25, -0.2) is 8.78 Å². The Balaban J connectivity index is 1.77. The lowest BCUT2D eigenvalue weighted by atomic mass is 10.0. The fraction of sp³-hybridized carbons (Fsp3) is 0.350. The van der Waals surface area contributed by atoms with Crippen molar-refractivity contribution in [2.75, 3.05) is 20.3 Å². The van der Waals surface area contributed by atoms with E-state index in [4.69, 9.17) is 21.1 Å². The van der Waals surface area contributed by atoms with Gasteiger partial charge in [-0.1, -0.05) is 11.6 Å². The van der Waals surface area contributed by atoms with Crippen LogP contribution < -0.4 is 9.47 Å². The molecule has 7 heteroatoms. The van der Waals surface area contributed by atoms with Crippen LogP contribution in [0, 0.1) is 11.6 Å². The molecule has 3 rings (SSSR count). The van der Waals surface area contributed by atoms with Crippen molar-refractivity contribution in [3.63, 3.8) is 0 Å². The van der Waals surface area contributed by atoms with E-state index in [0.717, 1.165) is 24.6 Å². The maximum atomic E-state index is 14.0. The minimum absolute atomic E-state index is 0.0497. The van der Waals surface area contributed by atoms with Crippen molar-refractivity contribution in [1.82, 2.24) is 4.90 Å². The maximum absolute atomic E-state index is 14.0. The van der Waals surface area contributed by atoms with Crippen LogP contribution in [-0.2, 0) is 11.2 Å². The van der Waals surface area contributed by atoms with Gasteiger partial charge in [0.2, 0.25) is 5.91 Å². The Morgan fingerprint density at radius 1 is 1.22 bits per heavy atom. The number of carbonyl (C=O) groups is 1. The van der Waals surface area contributed by atoms with Crippen LogP contribution in [0.2, 0.25) is 5.02 Å². The molecule has 1 atom stereocenters. The van der Waals surface area contributed by atoms with Crippen LogP contribution in [0.25, 0.3) is 0 Å². The third-order valence-electron chi connectivity index (χ3n) is 4.60. The third-order valence-corrected chi connectivity index (χ3v) is 4.88. The monoisotopic (exact) mass is 395 g/mol. The van der Waals surface area contributed by atoms with Crippen molar-refractivity contribution >= 4 is 17.5 Å². The van der Waals surface area contributed by atoms with Gasteiger partial charge in [0, 0.05) is 19.0 Å². The molecule has 1 aliphatic rings. The summed E-state index contributed by atoms with van der Waals surface area (Å²) in [5.41, 5.74) is 0.788. The van der Waals surface area contributed by atoms with Crippen molar-refractivity contribution in [3.8, 4) is 11.5 Å². The Morgan fingerprint density at radius 3 is 2.74 bits per heavy atom. The molecule has 1 unspecified atom stereocenters. The average molecular weight is 396 g/mol. The number of carbonyl (C=O) groups excluding carboxylic acids is 1. The SMILES string of the molecule is CC(c1cc(F)ccc1F)N(C)C(=O)Cc1cc(Cl)c2c(c1)OCCCO2. The maximum Gasteiger partial charge on any atom is 0.227 e. The lowest BCUT2D eigenvalue weighted by Gasteiger charge is -2.26. The van der Waals surface area contributed by atoms with Gasteiger partial charge in [0.25, 0.3) is 0 Å². The molecule has 4 nitrogen and oxygen atoms in total. The van der Waals surface area contributed by atoms with E-state index >= 15 is 0 Å². The summed E-state index contributed by atoms with van der Waals surface area (Å²) in [4.78, 5) is 14.0. The zero-order chi connectivity index (χ0) is 19.6. The second-order valence-electron chi connectivity index (χ2n) is 6.48. The zero-order valence-electron chi connectivity index (χ0n) is 15.1. The predicted octanol–water partition coefficient (Wildman–Crippen LogP) is 4.54. The van der Waals surface area contributed by atoms with Gasteiger partial charge in [0.1, 0.15) is 11.6 Å². The standard InChI is InChI=1S/C20H20ClF2NO3/c1-12(15-11-14(22)4-5-17(15)23)24(2)19(25)10-13-8-16(21)20-18(9-13)26-6-3-7-27-20/h4-5,8-9,11-12H,3,6-7,10H2,1-2H3. The number of likely N-dealkylation sites (N-methyl/N-ethyl adjacent to an activating group) is 1. The Labute approximate surface area is 161 Å². The lowest BCUT2D eigenvalue weighted by Crippen LogP contribution is -2.31. The first-order valence-electron chi connectivity index (χ1n) is 8.65. The molecule has 2 aromatic rings. The number of rotatable bonds is 4. The van der Waals surface area contributed by atoms with Gasteiger partial charge >= 0.3 is 0 Å². The van der Waals surface area contributed by atoms with E-state index in [-0.39, 0.29) is 17.9 Å². The highest BCUT2D eigenvalue weighted by Crippen LogP contribution is 2.38. The molecule has 0 aliphatic carbocycles. The lowest BCUT2D eigenvalue weighted by molar-refractivity contribution is -0.131. The molecule has 2 aromatic carbocycles. The topological polar surface area (TPSA) is 38.8 Å². The summed E-state index contributed by atoms with van der Waals surface area (Å²) in [6.45, 7) is 2.68. The molecule has 0 radical (unpaired) electrons. The predicted molar refractivity (Wildman–Crippen MR) is 98.3 cm³/mol. The van der Waals surface area contributed by atoms with Crippen LogP contribution in [0.15, 0.2) is 30.3 Å². The van der Waals surface area contributed by atoms with Crippen molar-refractivity contribution in [1.29, 1.82) is 0 Å². The normalized spacial score (nSPS) is 14.4. The highest BCUT2D eigenvalue weighted by molar-refractivity contribution is 6.32. The Morgan fingerprint density at radius 2 is 1.96 bits per heavy atom. The molecule has 0 bridgehead atoms. The summed E-state index contributed by atoms with van der Waals surface area (Å²) in [6, 6.07) is 5.98. The number of amides is 1. The second kappa shape index (κ2) is 8.13. The van der Waals surface area contributed by atoms with Crippen LogP contribution in [0.5, 0.6) is 11.5 Å². The molecule has 0 N–H and O–H groups in total. The summed E-state index contributed by atoms with van der Waals surface area (Å²) >= 11 is 6.26. The second-order valence-corrected chi connectivity index (χ2v) is 6.89. The number of nitrogens with zero attached hydrogens (tertiary/aromatic N) is 1. The van der Waals surface area contributed by atoms with E-state index in [0.29, 0.717) is 35.3 Å². The number of benzene rings is 2. The van der Waals surface area contributed by atoms with Gasteiger partial charge in [-0.3, -0.25) is 4.79 Å². The van der Waals surface area contributed by atoms with Gasteiger partial charge in [-0.2, -0.15) is 0 Å². The highest BCUT2D eigenvalue weighted by Gasteiger charge is 2.22. The van der Waals surface area contributed by atoms with E-state index < -0.39 is 17.7 Å². The smallest absolute Gasteiger partial charge is 0.227 e. The average Bonchev–Trinajstić information content (AvgIpc) is 2.88. The zero-order valence-corrected chi connectivity index (χ0v) is 15.9. The van der Waals surface area contributed by atoms with Gasteiger partial charge in [-0.05, 0) is 42.8 Å². The molecule has 0 aromatic heterocycles. The number of halogens is 3. The molecule has 1 heterocycles. The fourth-order valence-corrected chi connectivity index (χ4v) is 3.23. The fourth-order valence-electron chi connectivity index (χ4n) is 2.94. The Hall–Kier alpha value is -2.34. The van der Waals surface area contributed by atoms with Crippen LogP contribution in [0.1, 0.15) is 30.5 Å². The minimum Gasteiger partial charge on any atom is -0.489 e. The molecule has 0 fully saturated rings. The minimum atomic E-state index is -0.621. The van der Waals surface area contributed by atoms with E-state index in [9.17, 15) is 13.6 Å². The molecule has 0 spiro atoms. The molecule has 1 amide bonds. The van der Waals surface area contributed by atoms with Crippen molar-refractivity contribution in [3.05, 3.63) is 58.1 Å². The Kier molecular flexibility index (Phi) is 5.85. The molecule has 1 aliphatic heterocycles. The van der Waals surface area contributed by atoms with Crippen LogP contribution >= 0.6 is 11.6 Å². The van der Waals surface area contributed by atoms with Gasteiger partial charge < -0.3 is 14.4 Å². The van der Waals surface area contributed by atoms with Crippen LogP contribution in [-0.4, -0.2) is 31.1 Å². The number of hydrogen-bond donors (Lipinski definition) is 0. The highest BCUT2D eigenvalue weighted by atomic mass is 35.5. The summed E-state index contributed by atoms with van der Waals surface area (Å²) in [5, 5.41) is 0.379. The van der Waals surface area contributed by atoms with Crippen molar-refractivity contribution in [2.24, 2.45) is 0 Å². The van der Waals surface area contributed by atoms with E-state index in [1.807, 2.05) is 0 Å². The first-order chi connectivity index (χ1) is 12.9.